The summed E-state index contributed by atoms with van der Waals surface area (Å²) in [5.74, 6) is 0. The van der Waals surface area contributed by atoms with Crippen molar-refractivity contribution < 1.29 is 9.84 Å². The van der Waals surface area contributed by atoms with Crippen LogP contribution in [-0.4, -0.2) is 40.6 Å². The number of benzene rings is 1. The molecule has 0 atom stereocenters. The van der Waals surface area contributed by atoms with Gasteiger partial charge >= 0.3 is 0 Å². The van der Waals surface area contributed by atoms with Gasteiger partial charge in [-0.1, -0.05) is 19.1 Å². The SMILES string of the molecule is CCCn1c(=NCC2(CO)COC2)n(CC)c2ccccc21. The van der Waals surface area contributed by atoms with Crippen LogP contribution in [0.25, 0.3) is 11.0 Å². The third-order valence-electron chi connectivity index (χ3n) is 4.42. The first-order chi connectivity index (χ1) is 10.7. The number of hydrogen-bond donors (Lipinski definition) is 1. The van der Waals surface area contributed by atoms with Crippen molar-refractivity contribution >= 4 is 11.0 Å². The third kappa shape index (κ3) is 2.48. The molecule has 1 saturated heterocycles. The highest BCUT2D eigenvalue weighted by molar-refractivity contribution is 5.75. The fraction of sp³-hybridized carbons (Fsp3) is 0.588. The molecule has 0 amide bonds. The van der Waals surface area contributed by atoms with E-state index in [1.165, 1.54) is 11.0 Å². The van der Waals surface area contributed by atoms with Crippen molar-refractivity contribution in [3.05, 3.63) is 29.9 Å². The van der Waals surface area contributed by atoms with Gasteiger partial charge in [0.2, 0.25) is 5.62 Å². The summed E-state index contributed by atoms with van der Waals surface area (Å²) >= 11 is 0. The lowest BCUT2D eigenvalue weighted by atomic mass is 9.87. The number of ether oxygens (including phenoxy) is 1. The van der Waals surface area contributed by atoms with Gasteiger partial charge in [-0.2, -0.15) is 0 Å². The van der Waals surface area contributed by atoms with E-state index in [1.54, 1.807) is 0 Å². The summed E-state index contributed by atoms with van der Waals surface area (Å²) in [4.78, 5) is 4.88. The van der Waals surface area contributed by atoms with Crippen LogP contribution in [0.2, 0.25) is 0 Å². The molecule has 120 valence electrons. The molecule has 0 bridgehead atoms. The molecule has 0 unspecified atom stereocenters. The molecule has 1 aliphatic rings. The predicted octanol–water partition coefficient (Wildman–Crippen LogP) is 1.78. The second-order valence-electron chi connectivity index (χ2n) is 6.15. The molecule has 0 spiro atoms. The van der Waals surface area contributed by atoms with Crippen LogP contribution in [0.15, 0.2) is 29.3 Å². The van der Waals surface area contributed by atoms with E-state index in [1.807, 2.05) is 0 Å². The van der Waals surface area contributed by atoms with Gasteiger partial charge in [0.05, 0.1) is 42.8 Å². The van der Waals surface area contributed by atoms with Crippen LogP contribution >= 0.6 is 0 Å². The molecule has 1 aromatic heterocycles. The van der Waals surface area contributed by atoms with Crippen molar-refractivity contribution in [2.45, 2.75) is 33.4 Å². The Bertz CT molecular complexity index is 705. The van der Waals surface area contributed by atoms with Gasteiger partial charge in [0.15, 0.2) is 0 Å². The molecule has 2 aromatic rings. The fourth-order valence-corrected chi connectivity index (χ4v) is 3.07. The molecule has 22 heavy (non-hydrogen) atoms. The quantitative estimate of drug-likeness (QED) is 0.884. The molecule has 1 aliphatic heterocycles. The van der Waals surface area contributed by atoms with Crippen molar-refractivity contribution in [2.24, 2.45) is 10.4 Å². The fourth-order valence-electron chi connectivity index (χ4n) is 3.07. The summed E-state index contributed by atoms with van der Waals surface area (Å²) in [6, 6.07) is 8.46. The predicted molar refractivity (Wildman–Crippen MR) is 86.7 cm³/mol. The Morgan fingerprint density at radius 2 is 1.86 bits per heavy atom. The van der Waals surface area contributed by atoms with E-state index in [0.717, 1.165) is 25.1 Å². The van der Waals surface area contributed by atoms with E-state index in [-0.39, 0.29) is 12.0 Å². The molecule has 3 rings (SSSR count). The minimum absolute atomic E-state index is 0.136. The molecule has 2 heterocycles. The zero-order chi connectivity index (χ0) is 15.6. The Kier molecular flexibility index (Phi) is 4.36. The number of nitrogens with zero attached hydrogens (tertiary/aromatic N) is 3. The minimum atomic E-state index is -0.181. The first-order valence-electron chi connectivity index (χ1n) is 8.12. The van der Waals surface area contributed by atoms with E-state index < -0.39 is 0 Å². The Hall–Kier alpha value is -1.59. The molecule has 0 aliphatic carbocycles. The second-order valence-corrected chi connectivity index (χ2v) is 6.15. The van der Waals surface area contributed by atoms with Gasteiger partial charge in [-0.25, -0.2) is 0 Å². The first-order valence-corrected chi connectivity index (χ1v) is 8.12. The van der Waals surface area contributed by atoms with Crippen LogP contribution in [0, 0.1) is 5.41 Å². The highest BCUT2D eigenvalue weighted by Gasteiger charge is 2.37. The summed E-state index contributed by atoms with van der Waals surface area (Å²) < 4.78 is 9.83. The Balaban J connectivity index is 2.11. The Labute approximate surface area is 130 Å². The number of aryl methyl sites for hydroxylation is 2. The number of aromatic nitrogens is 2. The van der Waals surface area contributed by atoms with E-state index >= 15 is 0 Å². The normalized spacial score (nSPS) is 17.9. The monoisotopic (exact) mass is 303 g/mol. The van der Waals surface area contributed by atoms with Gasteiger partial charge in [-0.15, -0.1) is 0 Å². The van der Waals surface area contributed by atoms with Crippen molar-refractivity contribution in [3.63, 3.8) is 0 Å². The lowest BCUT2D eigenvalue weighted by Crippen LogP contribution is -2.48. The summed E-state index contributed by atoms with van der Waals surface area (Å²) in [6.45, 7) is 8.13. The maximum Gasteiger partial charge on any atom is 0.205 e. The molecular formula is C17H25N3O2. The minimum Gasteiger partial charge on any atom is -0.396 e. The number of fused-ring (bicyclic) bond motifs is 1. The average molecular weight is 303 g/mol. The van der Waals surface area contributed by atoms with E-state index in [2.05, 4.69) is 47.2 Å². The number of hydrogen-bond acceptors (Lipinski definition) is 3. The molecule has 1 N–H and O–H groups in total. The van der Waals surface area contributed by atoms with Crippen molar-refractivity contribution in [2.75, 3.05) is 26.4 Å². The van der Waals surface area contributed by atoms with Gasteiger partial charge in [0.1, 0.15) is 0 Å². The topological polar surface area (TPSA) is 51.7 Å². The summed E-state index contributed by atoms with van der Waals surface area (Å²) in [5, 5.41) is 9.60. The highest BCUT2D eigenvalue weighted by Crippen LogP contribution is 2.26. The van der Waals surface area contributed by atoms with Gasteiger partial charge in [-0.3, -0.25) is 4.99 Å². The second kappa shape index (κ2) is 6.26. The van der Waals surface area contributed by atoms with Gasteiger partial charge in [-0.05, 0) is 25.5 Å². The van der Waals surface area contributed by atoms with Gasteiger partial charge in [0.25, 0.3) is 0 Å². The first kappa shape index (κ1) is 15.3. The van der Waals surface area contributed by atoms with Crippen molar-refractivity contribution in [1.82, 2.24) is 9.13 Å². The van der Waals surface area contributed by atoms with E-state index in [9.17, 15) is 5.11 Å². The zero-order valence-corrected chi connectivity index (χ0v) is 13.5. The van der Waals surface area contributed by atoms with Crippen molar-refractivity contribution in [1.29, 1.82) is 0 Å². The van der Waals surface area contributed by atoms with Crippen LogP contribution in [0.3, 0.4) is 0 Å². The molecule has 1 aromatic carbocycles. The molecule has 5 nitrogen and oxygen atoms in total. The van der Waals surface area contributed by atoms with Gasteiger partial charge < -0.3 is 19.0 Å². The van der Waals surface area contributed by atoms with E-state index in [0.29, 0.717) is 19.8 Å². The molecule has 0 radical (unpaired) electrons. The number of imidazole rings is 1. The smallest absolute Gasteiger partial charge is 0.205 e. The van der Waals surface area contributed by atoms with Gasteiger partial charge in [0, 0.05) is 13.1 Å². The van der Waals surface area contributed by atoms with Crippen LogP contribution in [-0.2, 0) is 17.8 Å². The molecule has 1 fully saturated rings. The average Bonchev–Trinajstić information content (AvgIpc) is 2.81. The maximum atomic E-state index is 9.60. The Morgan fingerprint density at radius 3 is 2.36 bits per heavy atom. The maximum absolute atomic E-state index is 9.60. The molecular weight excluding hydrogens is 278 g/mol. The van der Waals surface area contributed by atoms with E-state index in [4.69, 9.17) is 9.73 Å². The summed E-state index contributed by atoms with van der Waals surface area (Å²) in [5.41, 5.74) is 3.28. The number of aliphatic hydroxyl groups excluding tert-OH is 1. The Morgan fingerprint density at radius 1 is 1.18 bits per heavy atom. The number of rotatable bonds is 6. The lowest BCUT2D eigenvalue weighted by Gasteiger charge is -2.38. The van der Waals surface area contributed by atoms with Crippen LogP contribution in [0.5, 0.6) is 0 Å². The van der Waals surface area contributed by atoms with Crippen LogP contribution in [0.4, 0.5) is 0 Å². The standard InChI is InChI=1S/C17H25N3O2/c1-3-9-20-15-8-6-5-7-14(15)19(4-2)16(20)18-10-17(11-21)12-22-13-17/h5-8,21H,3-4,9-13H2,1-2H3. The van der Waals surface area contributed by atoms with Crippen molar-refractivity contribution in [3.8, 4) is 0 Å². The zero-order valence-electron chi connectivity index (χ0n) is 13.5. The highest BCUT2D eigenvalue weighted by atomic mass is 16.5. The largest absolute Gasteiger partial charge is 0.396 e. The van der Waals surface area contributed by atoms with Crippen LogP contribution < -0.4 is 5.62 Å². The molecule has 5 heteroatoms. The summed E-state index contributed by atoms with van der Waals surface area (Å²) in [6.07, 6.45) is 1.07. The van der Waals surface area contributed by atoms with Crippen LogP contribution in [0.1, 0.15) is 20.3 Å². The summed E-state index contributed by atoms with van der Waals surface area (Å²) in [7, 11) is 0. The number of aliphatic hydroxyl groups is 1. The third-order valence-corrected chi connectivity index (χ3v) is 4.42. The lowest BCUT2D eigenvalue weighted by molar-refractivity contribution is -0.130. The number of para-hydroxylation sites is 2. The molecule has 0 saturated carbocycles.